The van der Waals surface area contributed by atoms with E-state index in [-0.39, 0.29) is 12.2 Å². The predicted octanol–water partition coefficient (Wildman–Crippen LogP) is 2.26. The summed E-state index contributed by atoms with van der Waals surface area (Å²) >= 11 is 0. The number of benzene rings is 1. The van der Waals surface area contributed by atoms with Gasteiger partial charge < -0.3 is 9.47 Å². The van der Waals surface area contributed by atoms with Crippen molar-refractivity contribution in [2.45, 2.75) is 19.5 Å². The average molecular weight is 383 g/mol. The maximum atomic E-state index is 13.1. The molecule has 0 heterocycles. The van der Waals surface area contributed by atoms with Crippen LogP contribution in [-0.2, 0) is 23.9 Å². The molecule has 0 bridgehead atoms. The number of nitrogens with zero attached hydrogens (tertiary/aromatic N) is 1. The molecule has 140 valence electrons. The van der Waals surface area contributed by atoms with Crippen LogP contribution in [0.25, 0.3) is 0 Å². The molecule has 0 N–H and O–H groups in total. The summed E-state index contributed by atoms with van der Waals surface area (Å²) in [6.07, 6.45) is -4.76. The zero-order valence-corrected chi connectivity index (χ0v) is 14.2. The first-order valence-corrected chi connectivity index (χ1v) is 8.53. The van der Waals surface area contributed by atoms with Crippen LogP contribution in [0.15, 0.2) is 29.4 Å². The van der Waals surface area contributed by atoms with E-state index in [0.29, 0.717) is 0 Å². The van der Waals surface area contributed by atoms with Crippen LogP contribution in [0.5, 0.6) is 5.75 Å². The Balaban J connectivity index is 2.99. The van der Waals surface area contributed by atoms with Crippen molar-refractivity contribution in [3.05, 3.63) is 29.8 Å². The van der Waals surface area contributed by atoms with Crippen LogP contribution >= 0.6 is 0 Å². The Morgan fingerprint density at radius 2 is 1.80 bits per heavy atom. The third-order valence-corrected chi connectivity index (χ3v) is 3.89. The van der Waals surface area contributed by atoms with Gasteiger partial charge in [0.15, 0.2) is 12.3 Å². The lowest BCUT2D eigenvalue weighted by atomic mass is 10.1. The first kappa shape index (κ1) is 20.7. The summed E-state index contributed by atoms with van der Waals surface area (Å²) in [5.41, 5.74) is -1.93. The van der Waals surface area contributed by atoms with E-state index in [2.05, 4.69) is 14.2 Å². The normalized spacial score (nSPS) is 12.6. The van der Waals surface area contributed by atoms with Crippen LogP contribution in [0.3, 0.4) is 0 Å². The summed E-state index contributed by atoms with van der Waals surface area (Å²) in [5, 5.41) is 2.76. The fourth-order valence-corrected chi connectivity index (χ4v) is 2.32. The van der Waals surface area contributed by atoms with Crippen molar-refractivity contribution in [3.8, 4) is 5.75 Å². The van der Waals surface area contributed by atoms with Crippen LogP contribution in [0.1, 0.15) is 18.9 Å². The van der Waals surface area contributed by atoms with E-state index < -0.39 is 45.9 Å². The lowest BCUT2D eigenvalue weighted by Crippen LogP contribution is -2.25. The molecule has 0 saturated carbocycles. The largest absolute Gasteiger partial charge is 0.482 e. The molecule has 0 fully saturated rings. The first-order valence-electron chi connectivity index (χ1n) is 6.95. The standard InChI is InChI=1S/C14H16F3NO6S/c1-3-8-25(20,21)24-18-13(14(15,16)17)10-4-6-11(7-5-10)23-9-12(19)22-2/h4-7H,3,8-9H2,1-2H3/b18-13-. The van der Waals surface area contributed by atoms with Crippen molar-refractivity contribution < 1.29 is 40.1 Å². The topological polar surface area (TPSA) is 91.3 Å². The number of rotatable bonds is 8. The molecule has 1 aromatic rings. The number of methoxy groups -OCH3 is 1. The molecule has 11 heteroatoms. The molecule has 0 unspecified atom stereocenters. The number of alkyl halides is 3. The molecule has 0 saturated heterocycles. The summed E-state index contributed by atoms with van der Waals surface area (Å²) in [4.78, 5) is 10.9. The number of esters is 1. The van der Waals surface area contributed by atoms with Crippen LogP contribution in [0, 0.1) is 0 Å². The number of carbonyl (C=O) groups is 1. The van der Waals surface area contributed by atoms with E-state index in [4.69, 9.17) is 4.74 Å². The molecule has 25 heavy (non-hydrogen) atoms. The van der Waals surface area contributed by atoms with Crippen molar-refractivity contribution in [1.29, 1.82) is 0 Å². The number of halogens is 3. The third-order valence-electron chi connectivity index (χ3n) is 2.68. The Hall–Kier alpha value is -2.30. The van der Waals surface area contributed by atoms with Crippen LogP contribution < -0.4 is 4.74 Å². The minimum atomic E-state index is -4.93. The highest BCUT2D eigenvalue weighted by Crippen LogP contribution is 2.24. The number of hydrogen-bond donors (Lipinski definition) is 0. The van der Waals surface area contributed by atoms with Crippen molar-refractivity contribution >= 4 is 21.8 Å². The fraction of sp³-hybridized carbons (Fsp3) is 0.429. The zero-order chi connectivity index (χ0) is 19.1. The van der Waals surface area contributed by atoms with Gasteiger partial charge in [0.2, 0.25) is 0 Å². The molecule has 7 nitrogen and oxygen atoms in total. The second-order valence-electron chi connectivity index (χ2n) is 4.66. The molecule has 0 aliphatic carbocycles. The Morgan fingerprint density at radius 3 is 2.28 bits per heavy atom. The molecule has 0 radical (unpaired) electrons. The van der Waals surface area contributed by atoms with Gasteiger partial charge in [-0.05, 0) is 30.7 Å². The Bertz CT molecular complexity index is 713. The van der Waals surface area contributed by atoms with Crippen LogP contribution in [0.2, 0.25) is 0 Å². The molecular weight excluding hydrogens is 367 g/mol. The molecule has 1 aromatic carbocycles. The van der Waals surface area contributed by atoms with Crippen LogP contribution in [0.4, 0.5) is 13.2 Å². The van der Waals surface area contributed by atoms with E-state index in [1.807, 2.05) is 0 Å². The highest BCUT2D eigenvalue weighted by molar-refractivity contribution is 7.86. The summed E-state index contributed by atoms with van der Waals surface area (Å²) in [6.45, 7) is 1.12. The molecule has 0 aromatic heterocycles. The van der Waals surface area contributed by atoms with Gasteiger partial charge in [-0.2, -0.15) is 21.6 Å². The average Bonchev–Trinajstić information content (AvgIpc) is 2.52. The van der Waals surface area contributed by atoms with E-state index in [1.54, 1.807) is 0 Å². The lowest BCUT2D eigenvalue weighted by molar-refractivity contribution is -0.142. The SMILES string of the molecule is CCCS(=O)(=O)O/N=C(/c1ccc(OCC(=O)OC)cc1)C(F)(F)F. The Morgan fingerprint density at radius 1 is 1.20 bits per heavy atom. The van der Waals surface area contributed by atoms with E-state index in [1.165, 1.54) is 19.1 Å². The smallest absolute Gasteiger partial charge is 0.437 e. The van der Waals surface area contributed by atoms with Gasteiger partial charge in [-0.25, -0.2) is 4.79 Å². The van der Waals surface area contributed by atoms with Crippen molar-refractivity contribution in [3.63, 3.8) is 0 Å². The summed E-state index contributed by atoms with van der Waals surface area (Å²) < 4.78 is 75.4. The maximum absolute atomic E-state index is 13.1. The Labute approximate surface area is 142 Å². The summed E-state index contributed by atoms with van der Waals surface area (Å²) in [7, 11) is -3.03. The quantitative estimate of drug-likeness (QED) is 0.389. The summed E-state index contributed by atoms with van der Waals surface area (Å²) in [6, 6.07) is 4.35. The molecule has 1 rings (SSSR count). The maximum Gasteiger partial charge on any atom is 0.437 e. The highest BCUT2D eigenvalue weighted by Gasteiger charge is 2.38. The number of carbonyl (C=O) groups excluding carboxylic acids is 1. The second kappa shape index (κ2) is 8.70. The second-order valence-corrected chi connectivity index (χ2v) is 6.34. The minimum Gasteiger partial charge on any atom is -0.482 e. The molecule has 0 aliphatic heterocycles. The molecule has 0 aliphatic rings. The molecule has 0 atom stereocenters. The monoisotopic (exact) mass is 383 g/mol. The Kier molecular flexibility index (Phi) is 7.22. The van der Waals surface area contributed by atoms with Crippen molar-refractivity contribution in [2.75, 3.05) is 19.5 Å². The van der Waals surface area contributed by atoms with Crippen molar-refractivity contribution in [2.24, 2.45) is 5.16 Å². The number of hydrogen-bond acceptors (Lipinski definition) is 7. The van der Waals surface area contributed by atoms with Gasteiger partial charge in [0.05, 0.1) is 12.9 Å². The van der Waals surface area contributed by atoms with Crippen molar-refractivity contribution in [1.82, 2.24) is 0 Å². The highest BCUT2D eigenvalue weighted by atomic mass is 32.2. The van der Waals surface area contributed by atoms with Gasteiger partial charge in [0, 0.05) is 5.56 Å². The predicted molar refractivity (Wildman–Crippen MR) is 81.7 cm³/mol. The summed E-state index contributed by atoms with van der Waals surface area (Å²) in [5.74, 6) is -0.992. The fourth-order valence-electron chi connectivity index (χ4n) is 1.56. The number of ether oxygens (including phenoxy) is 2. The number of oxime groups is 1. The van der Waals surface area contributed by atoms with Gasteiger partial charge in [0.1, 0.15) is 5.75 Å². The van der Waals surface area contributed by atoms with Gasteiger partial charge in [-0.1, -0.05) is 12.1 Å². The zero-order valence-electron chi connectivity index (χ0n) is 13.4. The molecular formula is C14H16F3NO6S. The lowest BCUT2D eigenvalue weighted by Gasteiger charge is -2.11. The van der Waals surface area contributed by atoms with Gasteiger partial charge >= 0.3 is 22.3 Å². The van der Waals surface area contributed by atoms with Gasteiger partial charge in [0.25, 0.3) is 0 Å². The van der Waals surface area contributed by atoms with Gasteiger partial charge in [-0.15, -0.1) is 0 Å². The van der Waals surface area contributed by atoms with E-state index in [9.17, 15) is 26.4 Å². The minimum absolute atomic E-state index is 0.121. The molecule has 0 spiro atoms. The first-order chi connectivity index (χ1) is 11.6. The van der Waals surface area contributed by atoms with E-state index in [0.717, 1.165) is 19.2 Å². The third kappa shape index (κ3) is 6.99. The molecule has 0 amide bonds. The van der Waals surface area contributed by atoms with Crippen LogP contribution in [-0.4, -0.2) is 45.7 Å². The van der Waals surface area contributed by atoms with Gasteiger partial charge in [-0.3, -0.25) is 4.28 Å². The van der Waals surface area contributed by atoms with E-state index >= 15 is 0 Å².